The number of phenolic OH excluding ortho intramolecular Hbond substituents is 1. The molecule has 182 valence electrons. The van der Waals surface area contributed by atoms with E-state index in [1.165, 1.54) is 5.56 Å². The summed E-state index contributed by atoms with van der Waals surface area (Å²) in [4.78, 5) is 0. The van der Waals surface area contributed by atoms with Gasteiger partial charge in [0.15, 0.2) is 16.6 Å². The number of benzene rings is 2. The van der Waals surface area contributed by atoms with E-state index >= 15 is 0 Å². The molecule has 1 aliphatic rings. The molecule has 0 bridgehead atoms. The van der Waals surface area contributed by atoms with Crippen molar-refractivity contribution < 1.29 is 13.3 Å². The van der Waals surface area contributed by atoms with Gasteiger partial charge in [0.1, 0.15) is 5.75 Å². The van der Waals surface area contributed by atoms with Crippen LogP contribution < -0.4 is 10.4 Å². The van der Waals surface area contributed by atoms with E-state index in [9.17, 15) is 5.11 Å². The van der Waals surface area contributed by atoms with Gasteiger partial charge in [0.05, 0.1) is 17.9 Å². The van der Waals surface area contributed by atoms with Crippen LogP contribution in [0.15, 0.2) is 36.4 Å². The molecule has 1 atom stereocenters. The number of hydrogen-bond donors (Lipinski definition) is 2. The van der Waals surface area contributed by atoms with E-state index < -0.39 is 25.2 Å². The fourth-order valence-electron chi connectivity index (χ4n) is 4.94. The molecule has 2 aromatic rings. The molecule has 2 N–H and O–H groups in total. The predicted molar refractivity (Wildman–Crippen MR) is 147 cm³/mol. The van der Waals surface area contributed by atoms with E-state index in [0.717, 1.165) is 41.5 Å². The first kappa shape index (κ1) is 26.0. The predicted octanol–water partition coefficient (Wildman–Crippen LogP) is 7.00. The lowest BCUT2D eigenvalue weighted by molar-refractivity contribution is 0.368. The second kappa shape index (κ2) is 9.58. The van der Waals surface area contributed by atoms with E-state index in [-0.39, 0.29) is 0 Å². The Kier molecular flexibility index (Phi) is 7.55. The summed E-state index contributed by atoms with van der Waals surface area (Å²) in [5, 5.41) is 13.3. The number of aryl methyl sites for hydroxylation is 1. The molecule has 0 fully saturated rings. The molecule has 1 heterocycles. The highest BCUT2D eigenvalue weighted by Gasteiger charge is 2.41. The summed E-state index contributed by atoms with van der Waals surface area (Å²) in [5.74, 6) is 0.715. The van der Waals surface area contributed by atoms with Gasteiger partial charge in [0, 0.05) is 0 Å². The number of fused-ring (bicyclic) bond motifs is 1. The molecule has 8 heteroatoms. The Bertz CT molecular complexity index is 945. The van der Waals surface area contributed by atoms with E-state index in [0.29, 0.717) is 11.7 Å². The first-order valence-corrected chi connectivity index (χ1v) is 21.3. The molecule has 2 aromatic carbocycles. The van der Waals surface area contributed by atoms with Crippen LogP contribution in [0.4, 0.5) is 11.4 Å². The van der Waals surface area contributed by atoms with Gasteiger partial charge in [-0.15, -0.1) is 0 Å². The SMILES string of the molecule is Cc1cc(CC(C)C[Si](C)(O[Si](C)(C)C)O[Si](C)(C)C)c(O)c(N2Cc3ccccc3N2)c1. The minimum Gasteiger partial charge on any atom is -0.505 e. The van der Waals surface area contributed by atoms with Crippen LogP contribution in [0.1, 0.15) is 23.6 Å². The molecule has 3 rings (SSSR count). The van der Waals surface area contributed by atoms with Crippen LogP contribution in [0, 0.1) is 12.8 Å². The zero-order chi connectivity index (χ0) is 24.6. The van der Waals surface area contributed by atoms with Gasteiger partial charge in [-0.3, -0.25) is 10.4 Å². The Labute approximate surface area is 203 Å². The number of aromatic hydroxyl groups is 1. The molecule has 1 aliphatic heterocycles. The summed E-state index contributed by atoms with van der Waals surface area (Å²) in [5.41, 5.74) is 8.76. The first-order valence-electron chi connectivity index (χ1n) is 12.0. The largest absolute Gasteiger partial charge is 0.505 e. The highest BCUT2D eigenvalue weighted by atomic mass is 28.5. The Hall–Kier alpha value is -1.59. The number of para-hydroxylation sites is 1. The number of hydrogen-bond acceptors (Lipinski definition) is 5. The maximum Gasteiger partial charge on any atom is 0.314 e. The van der Waals surface area contributed by atoms with Crippen molar-refractivity contribution in [2.75, 3.05) is 10.4 Å². The van der Waals surface area contributed by atoms with Crippen molar-refractivity contribution in [1.82, 2.24) is 0 Å². The average molecular weight is 503 g/mol. The monoisotopic (exact) mass is 502 g/mol. The van der Waals surface area contributed by atoms with Gasteiger partial charge in [-0.25, -0.2) is 0 Å². The van der Waals surface area contributed by atoms with Gasteiger partial charge in [0.2, 0.25) is 0 Å². The summed E-state index contributed by atoms with van der Waals surface area (Å²) in [6.45, 7) is 20.8. The molecular formula is C25H42N2O3Si3. The lowest BCUT2D eigenvalue weighted by Gasteiger charge is -2.40. The number of anilines is 2. The van der Waals surface area contributed by atoms with Crippen molar-refractivity contribution >= 4 is 36.6 Å². The lowest BCUT2D eigenvalue weighted by atomic mass is 9.99. The average Bonchev–Trinajstić information content (AvgIpc) is 3.04. The molecule has 0 aromatic heterocycles. The molecule has 0 amide bonds. The minimum atomic E-state index is -2.33. The second-order valence-corrected chi connectivity index (χ2v) is 24.5. The van der Waals surface area contributed by atoms with Crippen LogP contribution in [0.25, 0.3) is 0 Å². The zero-order valence-corrected chi connectivity index (χ0v) is 24.9. The van der Waals surface area contributed by atoms with Crippen LogP contribution in [0.3, 0.4) is 0 Å². The van der Waals surface area contributed by atoms with Gasteiger partial charge in [-0.1, -0.05) is 31.2 Å². The van der Waals surface area contributed by atoms with Crippen molar-refractivity contribution in [3.05, 3.63) is 53.1 Å². The highest BCUT2D eigenvalue weighted by Crippen LogP contribution is 2.39. The maximum absolute atomic E-state index is 11.3. The zero-order valence-electron chi connectivity index (χ0n) is 21.9. The summed E-state index contributed by atoms with van der Waals surface area (Å²) in [6.07, 6.45) is 0.800. The van der Waals surface area contributed by atoms with Crippen molar-refractivity contribution in [3.63, 3.8) is 0 Å². The second-order valence-electron chi connectivity index (χ2n) is 11.7. The molecule has 5 nitrogen and oxygen atoms in total. The quantitative estimate of drug-likeness (QED) is 0.361. The van der Waals surface area contributed by atoms with Crippen LogP contribution in [0.5, 0.6) is 5.75 Å². The van der Waals surface area contributed by atoms with E-state index in [2.05, 4.69) is 95.4 Å². The van der Waals surface area contributed by atoms with Crippen LogP contribution in [0.2, 0.25) is 51.9 Å². The van der Waals surface area contributed by atoms with Gasteiger partial charge >= 0.3 is 8.56 Å². The van der Waals surface area contributed by atoms with Crippen molar-refractivity contribution in [2.24, 2.45) is 5.92 Å². The summed E-state index contributed by atoms with van der Waals surface area (Å²) >= 11 is 0. The third kappa shape index (κ3) is 7.19. The molecule has 0 saturated carbocycles. The van der Waals surface area contributed by atoms with Gasteiger partial charge < -0.3 is 13.3 Å². The summed E-state index contributed by atoms with van der Waals surface area (Å²) in [6, 6.07) is 13.4. The van der Waals surface area contributed by atoms with Crippen LogP contribution >= 0.6 is 0 Å². The maximum atomic E-state index is 11.3. The Balaban J connectivity index is 1.80. The third-order valence-corrected chi connectivity index (χ3v) is 15.3. The van der Waals surface area contributed by atoms with Gasteiger partial charge in [-0.05, 0) is 100.0 Å². The number of rotatable bonds is 9. The standard InChI is InChI=1S/C25H42N2O3Si3/c1-19-14-22(15-20(2)18-33(9,29-31(3,4)5)30-32(6,7)8)25(28)24(16-19)27-17-21-12-10-11-13-23(21)26-27/h10-14,16,20,26,28H,15,17-18H2,1-9H3. The van der Waals surface area contributed by atoms with Crippen molar-refractivity contribution in [1.29, 1.82) is 0 Å². The Morgan fingerprint density at radius 2 is 1.61 bits per heavy atom. The smallest absolute Gasteiger partial charge is 0.314 e. The number of hydrazine groups is 1. The molecule has 0 radical (unpaired) electrons. The first-order chi connectivity index (χ1) is 15.1. The normalized spacial score (nSPS) is 15.4. The Morgan fingerprint density at radius 1 is 1.00 bits per heavy atom. The number of nitrogens with zero attached hydrogens (tertiary/aromatic N) is 1. The topological polar surface area (TPSA) is 54.0 Å². The van der Waals surface area contributed by atoms with Crippen molar-refractivity contribution in [2.45, 2.75) is 78.7 Å². The number of phenols is 1. The molecule has 33 heavy (non-hydrogen) atoms. The molecule has 0 saturated heterocycles. The summed E-state index contributed by atoms with van der Waals surface area (Å²) < 4.78 is 13.4. The summed E-state index contributed by atoms with van der Waals surface area (Å²) in [7, 11) is -5.80. The highest BCUT2D eigenvalue weighted by molar-refractivity contribution is 6.87. The van der Waals surface area contributed by atoms with Crippen LogP contribution in [-0.4, -0.2) is 30.3 Å². The van der Waals surface area contributed by atoms with E-state index in [1.54, 1.807) is 0 Å². The third-order valence-electron chi connectivity index (χ3n) is 5.54. The molecule has 0 spiro atoms. The van der Waals surface area contributed by atoms with Gasteiger partial charge in [-0.2, -0.15) is 0 Å². The van der Waals surface area contributed by atoms with E-state index in [4.69, 9.17) is 8.23 Å². The van der Waals surface area contributed by atoms with E-state index in [1.807, 2.05) is 11.1 Å². The molecule has 1 unspecified atom stereocenters. The minimum absolute atomic E-state index is 0.346. The van der Waals surface area contributed by atoms with Crippen LogP contribution in [-0.2, 0) is 21.2 Å². The number of nitrogens with one attached hydrogen (secondary N) is 1. The Morgan fingerprint density at radius 3 is 2.18 bits per heavy atom. The molecular weight excluding hydrogens is 461 g/mol. The van der Waals surface area contributed by atoms with Crippen molar-refractivity contribution in [3.8, 4) is 5.75 Å². The van der Waals surface area contributed by atoms with Gasteiger partial charge in [0.25, 0.3) is 0 Å². The fraction of sp³-hybridized carbons (Fsp3) is 0.520. The molecule has 0 aliphatic carbocycles. The lowest BCUT2D eigenvalue weighted by Crippen LogP contribution is -2.53. The fourth-order valence-corrected chi connectivity index (χ4v) is 17.9.